The summed E-state index contributed by atoms with van der Waals surface area (Å²) < 4.78 is 10.3. The molecule has 0 bridgehead atoms. The van der Waals surface area contributed by atoms with Gasteiger partial charge in [0.25, 0.3) is 0 Å². The molecule has 1 N–H and O–H groups in total. The predicted octanol–water partition coefficient (Wildman–Crippen LogP) is 3.82. The molecule has 2 heterocycles. The smallest absolute Gasteiger partial charge is 0.140 e. The van der Waals surface area contributed by atoms with Gasteiger partial charge in [0.2, 0.25) is 0 Å². The second-order valence-electron chi connectivity index (χ2n) is 5.56. The summed E-state index contributed by atoms with van der Waals surface area (Å²) in [6.45, 7) is 0.682. The Balaban J connectivity index is 1.50. The number of hydrogen-bond acceptors (Lipinski definition) is 5. The van der Waals surface area contributed by atoms with Gasteiger partial charge in [-0.2, -0.15) is 0 Å². The van der Waals surface area contributed by atoms with Crippen molar-refractivity contribution in [2.45, 2.75) is 32.2 Å². The zero-order valence-electron chi connectivity index (χ0n) is 12.2. The van der Waals surface area contributed by atoms with Gasteiger partial charge in [0.1, 0.15) is 23.4 Å². The quantitative estimate of drug-likeness (QED) is 0.792. The third-order valence-electron chi connectivity index (χ3n) is 4.09. The molecule has 0 radical (unpaired) electrons. The lowest BCUT2D eigenvalue weighted by molar-refractivity contribution is 0.368. The first-order chi connectivity index (χ1) is 10.9. The van der Waals surface area contributed by atoms with Crippen LogP contribution in [0, 0.1) is 0 Å². The normalized spacial score (nSPS) is 13.8. The molecule has 1 aliphatic carbocycles. The van der Waals surface area contributed by atoms with E-state index in [1.807, 2.05) is 24.3 Å². The number of benzene rings is 1. The molecule has 0 saturated heterocycles. The van der Waals surface area contributed by atoms with Crippen LogP contribution in [-0.2, 0) is 19.4 Å². The average Bonchev–Trinajstić information content (AvgIpc) is 3.23. The van der Waals surface area contributed by atoms with Crippen LogP contribution in [-0.4, -0.2) is 10.3 Å². The number of fused-ring (bicyclic) bond motifs is 1. The van der Waals surface area contributed by atoms with E-state index in [0.717, 1.165) is 41.2 Å². The van der Waals surface area contributed by atoms with Crippen molar-refractivity contribution in [1.29, 1.82) is 0 Å². The number of aromatic nitrogens is 2. The van der Waals surface area contributed by atoms with E-state index < -0.39 is 0 Å². The van der Waals surface area contributed by atoms with E-state index in [1.165, 1.54) is 18.4 Å². The minimum atomic E-state index is 0.682. The molecule has 0 unspecified atom stereocenters. The lowest BCUT2D eigenvalue weighted by Gasteiger charge is -2.10. The van der Waals surface area contributed by atoms with Crippen LogP contribution in [0.5, 0.6) is 0 Å². The summed E-state index contributed by atoms with van der Waals surface area (Å²) in [6.07, 6.45) is 6.10. The minimum Gasteiger partial charge on any atom is -0.379 e. The molecule has 2 aromatic heterocycles. The van der Waals surface area contributed by atoms with Crippen LogP contribution in [0.3, 0.4) is 0 Å². The third-order valence-corrected chi connectivity index (χ3v) is 4.09. The molecule has 0 fully saturated rings. The fraction of sp³-hybridized carbons (Fsp3) is 0.294. The van der Waals surface area contributed by atoms with Crippen molar-refractivity contribution in [2.75, 3.05) is 5.32 Å². The molecule has 0 spiro atoms. The van der Waals surface area contributed by atoms with E-state index in [2.05, 4.69) is 21.7 Å². The Morgan fingerprint density at radius 2 is 2.05 bits per heavy atom. The van der Waals surface area contributed by atoms with Crippen LogP contribution in [0.2, 0.25) is 0 Å². The van der Waals surface area contributed by atoms with Gasteiger partial charge in [-0.3, -0.25) is 0 Å². The van der Waals surface area contributed by atoms with Crippen LogP contribution in [0.4, 0.5) is 5.69 Å². The Bertz CT molecular complexity index is 762. The Labute approximate surface area is 128 Å². The molecule has 5 nitrogen and oxygen atoms in total. The van der Waals surface area contributed by atoms with Crippen LogP contribution in [0.1, 0.15) is 29.9 Å². The van der Waals surface area contributed by atoms with Crippen LogP contribution in [0.15, 0.2) is 45.6 Å². The van der Waals surface area contributed by atoms with E-state index in [-0.39, 0.29) is 0 Å². The number of nitrogens with zero attached hydrogens (tertiary/aromatic N) is 2. The zero-order chi connectivity index (χ0) is 14.8. The monoisotopic (exact) mass is 295 g/mol. The summed E-state index contributed by atoms with van der Waals surface area (Å²) in [5, 5.41) is 11.6. The molecule has 112 valence electrons. The standard InChI is InChI=1S/C17H17N3O2/c1-2-7-17-14(6-1)16(20-22-17)11-18-13-5-3-4-12(10-13)15-8-9-21-19-15/h3-5,8-10,18H,1-2,6-7,11H2. The summed E-state index contributed by atoms with van der Waals surface area (Å²) in [7, 11) is 0. The highest BCUT2D eigenvalue weighted by Gasteiger charge is 2.18. The maximum atomic E-state index is 5.45. The van der Waals surface area contributed by atoms with Crippen molar-refractivity contribution in [3.05, 3.63) is 53.6 Å². The lowest BCUT2D eigenvalue weighted by atomic mass is 9.96. The maximum Gasteiger partial charge on any atom is 0.140 e. The zero-order valence-corrected chi connectivity index (χ0v) is 12.2. The van der Waals surface area contributed by atoms with Gasteiger partial charge in [0, 0.05) is 29.3 Å². The largest absolute Gasteiger partial charge is 0.379 e. The Morgan fingerprint density at radius 1 is 1.09 bits per heavy atom. The topological polar surface area (TPSA) is 64.1 Å². The number of nitrogens with one attached hydrogen (secondary N) is 1. The summed E-state index contributed by atoms with van der Waals surface area (Å²) in [4.78, 5) is 0. The first kappa shape index (κ1) is 13.1. The molecule has 5 heteroatoms. The van der Waals surface area contributed by atoms with Gasteiger partial charge in [-0.15, -0.1) is 0 Å². The molecule has 1 aliphatic rings. The van der Waals surface area contributed by atoms with Crippen LogP contribution >= 0.6 is 0 Å². The second-order valence-corrected chi connectivity index (χ2v) is 5.56. The van der Waals surface area contributed by atoms with Gasteiger partial charge in [-0.1, -0.05) is 22.4 Å². The number of hydrogen-bond donors (Lipinski definition) is 1. The van der Waals surface area contributed by atoms with E-state index in [4.69, 9.17) is 9.05 Å². The van der Waals surface area contributed by atoms with Crippen LogP contribution in [0.25, 0.3) is 11.3 Å². The molecule has 4 rings (SSSR count). The first-order valence-corrected chi connectivity index (χ1v) is 7.61. The molecule has 1 aromatic carbocycles. The summed E-state index contributed by atoms with van der Waals surface area (Å²) >= 11 is 0. The molecule has 0 saturated carbocycles. The van der Waals surface area contributed by atoms with E-state index in [0.29, 0.717) is 6.54 Å². The number of aryl methyl sites for hydroxylation is 1. The Hall–Kier alpha value is -2.56. The van der Waals surface area contributed by atoms with Crippen LogP contribution < -0.4 is 5.32 Å². The van der Waals surface area contributed by atoms with Gasteiger partial charge >= 0.3 is 0 Å². The maximum absolute atomic E-state index is 5.45. The molecule has 22 heavy (non-hydrogen) atoms. The SMILES string of the molecule is c1cc(NCc2noc3c2CCCC3)cc(-c2ccon2)c1. The van der Waals surface area contributed by atoms with Crippen molar-refractivity contribution in [3.63, 3.8) is 0 Å². The molecule has 0 aliphatic heterocycles. The highest BCUT2D eigenvalue weighted by molar-refractivity contribution is 5.64. The first-order valence-electron chi connectivity index (χ1n) is 7.61. The molecular formula is C17H17N3O2. The van der Waals surface area contributed by atoms with E-state index >= 15 is 0 Å². The Kier molecular flexibility index (Phi) is 3.39. The fourth-order valence-electron chi connectivity index (χ4n) is 2.92. The van der Waals surface area contributed by atoms with Crippen molar-refractivity contribution >= 4 is 5.69 Å². The van der Waals surface area contributed by atoms with Crippen molar-refractivity contribution < 1.29 is 9.05 Å². The van der Waals surface area contributed by atoms with Gasteiger partial charge in [0.15, 0.2) is 0 Å². The molecule has 3 aromatic rings. The summed E-state index contributed by atoms with van der Waals surface area (Å²) in [5.41, 5.74) is 5.23. The highest BCUT2D eigenvalue weighted by Crippen LogP contribution is 2.25. The van der Waals surface area contributed by atoms with Gasteiger partial charge in [-0.05, 0) is 31.4 Å². The van der Waals surface area contributed by atoms with Crippen molar-refractivity contribution in [1.82, 2.24) is 10.3 Å². The predicted molar refractivity (Wildman–Crippen MR) is 82.4 cm³/mol. The van der Waals surface area contributed by atoms with Crippen molar-refractivity contribution in [3.8, 4) is 11.3 Å². The minimum absolute atomic E-state index is 0.682. The molecule has 0 atom stereocenters. The Morgan fingerprint density at radius 3 is 2.95 bits per heavy atom. The van der Waals surface area contributed by atoms with Gasteiger partial charge in [-0.25, -0.2) is 0 Å². The average molecular weight is 295 g/mol. The fourth-order valence-corrected chi connectivity index (χ4v) is 2.92. The van der Waals surface area contributed by atoms with E-state index in [9.17, 15) is 0 Å². The lowest BCUT2D eigenvalue weighted by Crippen LogP contribution is -2.06. The second kappa shape index (κ2) is 5.67. The number of rotatable bonds is 4. The summed E-state index contributed by atoms with van der Waals surface area (Å²) in [5.74, 6) is 1.07. The third kappa shape index (κ3) is 2.50. The van der Waals surface area contributed by atoms with Gasteiger partial charge < -0.3 is 14.4 Å². The molecule has 0 amide bonds. The summed E-state index contributed by atoms with van der Waals surface area (Å²) in [6, 6.07) is 9.97. The van der Waals surface area contributed by atoms with E-state index in [1.54, 1.807) is 6.26 Å². The molecular weight excluding hydrogens is 278 g/mol. The highest BCUT2D eigenvalue weighted by atomic mass is 16.5. The number of anilines is 1. The van der Waals surface area contributed by atoms with Crippen molar-refractivity contribution in [2.24, 2.45) is 0 Å². The van der Waals surface area contributed by atoms with Gasteiger partial charge in [0.05, 0.1) is 6.54 Å².